The van der Waals surface area contributed by atoms with Gasteiger partial charge < -0.3 is 10.6 Å². The molecule has 0 aliphatic carbocycles. The van der Waals surface area contributed by atoms with Crippen molar-refractivity contribution in [1.82, 2.24) is 5.32 Å². The molecule has 0 saturated carbocycles. The van der Waals surface area contributed by atoms with E-state index in [1.807, 2.05) is 0 Å². The smallest absolute Gasteiger partial charge is 0.226 e. The number of halogens is 2. The van der Waals surface area contributed by atoms with Crippen LogP contribution in [0.3, 0.4) is 0 Å². The van der Waals surface area contributed by atoms with Crippen molar-refractivity contribution < 1.29 is 22.0 Å². The molecule has 1 saturated heterocycles. The number of carbonyl (C=O) groups excluding carboxylic acids is 1. The van der Waals surface area contributed by atoms with Crippen LogP contribution in [0.2, 0.25) is 0 Å². The maximum Gasteiger partial charge on any atom is 0.226 e. The first kappa shape index (κ1) is 14.9. The largest absolute Gasteiger partial charge is 0.323 e. The maximum absolute atomic E-state index is 13.4. The van der Waals surface area contributed by atoms with Gasteiger partial charge in [-0.15, -0.1) is 0 Å². The lowest BCUT2D eigenvalue weighted by atomic mass is 10.2. The molecule has 1 atom stereocenters. The van der Waals surface area contributed by atoms with Crippen molar-refractivity contribution in [3.8, 4) is 0 Å². The number of benzene rings is 1. The van der Waals surface area contributed by atoms with E-state index in [1.165, 1.54) is 12.1 Å². The molecule has 0 spiro atoms. The van der Waals surface area contributed by atoms with Gasteiger partial charge in [0.25, 0.3) is 0 Å². The summed E-state index contributed by atoms with van der Waals surface area (Å²) >= 11 is 0. The van der Waals surface area contributed by atoms with Crippen molar-refractivity contribution >= 4 is 21.4 Å². The summed E-state index contributed by atoms with van der Waals surface area (Å²) in [6, 6.07) is 2.95. The van der Waals surface area contributed by atoms with Gasteiger partial charge in [-0.1, -0.05) is 6.07 Å². The average molecular weight is 304 g/mol. The molecule has 1 aliphatic rings. The first-order chi connectivity index (χ1) is 9.37. The molecule has 0 radical (unpaired) electrons. The van der Waals surface area contributed by atoms with Crippen LogP contribution in [0.25, 0.3) is 0 Å². The quantitative estimate of drug-likeness (QED) is 0.861. The van der Waals surface area contributed by atoms with Gasteiger partial charge in [0.1, 0.15) is 0 Å². The van der Waals surface area contributed by atoms with Gasteiger partial charge >= 0.3 is 0 Å². The lowest BCUT2D eigenvalue weighted by Crippen LogP contribution is -2.46. The van der Waals surface area contributed by atoms with Crippen molar-refractivity contribution in [3.63, 3.8) is 0 Å². The Labute approximate surface area is 115 Å². The summed E-state index contributed by atoms with van der Waals surface area (Å²) in [5.74, 6) is -2.84. The Balaban J connectivity index is 1.97. The molecular weight excluding hydrogens is 290 g/mol. The van der Waals surface area contributed by atoms with E-state index in [-0.39, 0.29) is 30.2 Å². The highest BCUT2D eigenvalue weighted by Crippen LogP contribution is 2.17. The monoisotopic (exact) mass is 304 g/mol. The molecule has 2 N–H and O–H groups in total. The second-order valence-corrected chi connectivity index (χ2v) is 6.85. The van der Waals surface area contributed by atoms with Gasteiger partial charge in [0.05, 0.1) is 17.2 Å². The summed E-state index contributed by atoms with van der Waals surface area (Å²) in [7, 11) is -3.14. The van der Waals surface area contributed by atoms with Gasteiger partial charge in [0, 0.05) is 19.0 Å². The van der Waals surface area contributed by atoms with Crippen LogP contribution in [0, 0.1) is 11.6 Å². The molecule has 5 nitrogen and oxygen atoms in total. The minimum absolute atomic E-state index is 0.0453. The Hall–Kier alpha value is -1.54. The average Bonchev–Trinajstić information content (AvgIpc) is 2.33. The lowest BCUT2D eigenvalue weighted by Gasteiger charge is -2.23. The summed E-state index contributed by atoms with van der Waals surface area (Å²) in [4.78, 5) is 11.7. The van der Waals surface area contributed by atoms with Crippen molar-refractivity contribution in [2.45, 2.75) is 12.5 Å². The zero-order valence-electron chi connectivity index (χ0n) is 10.5. The second kappa shape index (κ2) is 5.84. The highest BCUT2D eigenvalue weighted by atomic mass is 32.2. The number of sulfone groups is 1. The van der Waals surface area contributed by atoms with Crippen molar-refractivity contribution in [2.75, 3.05) is 23.4 Å². The van der Waals surface area contributed by atoms with Crippen molar-refractivity contribution in [3.05, 3.63) is 29.8 Å². The third-order valence-corrected chi connectivity index (χ3v) is 4.70. The topological polar surface area (TPSA) is 75.3 Å². The molecule has 1 unspecified atom stereocenters. The van der Waals surface area contributed by atoms with E-state index in [4.69, 9.17) is 0 Å². The Morgan fingerprint density at radius 2 is 2.15 bits per heavy atom. The van der Waals surface area contributed by atoms with Crippen molar-refractivity contribution in [2.24, 2.45) is 0 Å². The zero-order valence-corrected chi connectivity index (χ0v) is 11.3. The van der Waals surface area contributed by atoms with Gasteiger partial charge in [0.2, 0.25) is 5.91 Å². The van der Waals surface area contributed by atoms with Gasteiger partial charge in [0.15, 0.2) is 21.5 Å². The summed E-state index contributed by atoms with van der Waals surface area (Å²) in [5, 5.41) is 5.15. The highest BCUT2D eigenvalue weighted by Gasteiger charge is 2.26. The molecule has 1 heterocycles. The fourth-order valence-corrected chi connectivity index (χ4v) is 3.47. The van der Waals surface area contributed by atoms with Crippen LogP contribution in [0.4, 0.5) is 14.5 Å². The molecule has 20 heavy (non-hydrogen) atoms. The minimum Gasteiger partial charge on any atom is -0.323 e. The molecule has 0 bridgehead atoms. The van der Waals surface area contributed by atoms with Crippen LogP contribution in [-0.4, -0.2) is 38.4 Å². The Kier molecular flexibility index (Phi) is 4.34. The Morgan fingerprint density at radius 1 is 1.40 bits per heavy atom. The van der Waals surface area contributed by atoms with E-state index in [1.54, 1.807) is 0 Å². The molecule has 1 amide bonds. The molecule has 0 aromatic heterocycles. The summed E-state index contributed by atoms with van der Waals surface area (Å²) in [5.41, 5.74) is -0.256. The highest BCUT2D eigenvalue weighted by molar-refractivity contribution is 7.91. The van der Waals surface area contributed by atoms with Gasteiger partial charge in [-0.25, -0.2) is 17.2 Å². The van der Waals surface area contributed by atoms with Crippen LogP contribution in [0.1, 0.15) is 6.42 Å². The Bertz CT molecular complexity index is 619. The number of anilines is 1. The standard InChI is InChI=1S/C12H14F2N2O3S/c13-9-2-1-3-10(12(9)14)16-11(17)6-8-7-20(18,19)5-4-15-8/h1-3,8,15H,4-7H2,(H,16,17). The van der Waals surface area contributed by atoms with E-state index in [9.17, 15) is 22.0 Å². The third-order valence-electron chi connectivity index (χ3n) is 2.96. The van der Waals surface area contributed by atoms with Crippen molar-refractivity contribution in [1.29, 1.82) is 0 Å². The second-order valence-electron chi connectivity index (χ2n) is 4.62. The third kappa shape index (κ3) is 3.73. The Morgan fingerprint density at radius 3 is 2.85 bits per heavy atom. The summed E-state index contributed by atoms with van der Waals surface area (Å²) < 4.78 is 49.2. The van der Waals surface area contributed by atoms with Gasteiger partial charge in [-0.05, 0) is 12.1 Å². The first-order valence-corrected chi connectivity index (χ1v) is 7.87. The molecule has 1 aromatic rings. The molecule has 110 valence electrons. The number of amides is 1. The molecule has 8 heteroatoms. The summed E-state index contributed by atoms with van der Waals surface area (Å²) in [6.07, 6.45) is -0.116. The number of nitrogens with one attached hydrogen (secondary N) is 2. The van der Waals surface area contributed by atoms with Crippen LogP contribution in [0.15, 0.2) is 18.2 Å². The van der Waals surface area contributed by atoms with Crippen LogP contribution in [0.5, 0.6) is 0 Å². The molecule has 1 aromatic carbocycles. The van der Waals surface area contributed by atoms with Crippen LogP contribution < -0.4 is 10.6 Å². The number of carbonyl (C=O) groups is 1. The van der Waals surface area contributed by atoms with Gasteiger partial charge in [-0.3, -0.25) is 4.79 Å². The SMILES string of the molecule is O=C(CC1CS(=O)(=O)CCN1)Nc1cccc(F)c1F. The fourth-order valence-electron chi connectivity index (χ4n) is 2.02. The fraction of sp³-hybridized carbons (Fsp3) is 0.417. The molecular formula is C12H14F2N2O3S. The van der Waals surface area contributed by atoms with E-state index >= 15 is 0 Å². The van der Waals surface area contributed by atoms with Crippen LogP contribution >= 0.6 is 0 Å². The maximum atomic E-state index is 13.4. The zero-order chi connectivity index (χ0) is 14.8. The molecule has 1 fully saturated rings. The predicted molar refractivity (Wildman–Crippen MR) is 70.0 cm³/mol. The summed E-state index contributed by atoms with van der Waals surface area (Å²) in [6.45, 7) is 0.286. The van der Waals surface area contributed by atoms with E-state index < -0.39 is 33.4 Å². The predicted octanol–water partition coefficient (Wildman–Crippen LogP) is 0.680. The van der Waals surface area contributed by atoms with E-state index in [0.717, 1.165) is 6.07 Å². The van der Waals surface area contributed by atoms with Gasteiger partial charge in [-0.2, -0.15) is 0 Å². The molecule has 1 aliphatic heterocycles. The minimum atomic E-state index is -3.14. The normalized spacial score (nSPS) is 21.4. The number of hydrogen-bond donors (Lipinski definition) is 2. The lowest BCUT2D eigenvalue weighted by molar-refractivity contribution is -0.116. The molecule has 2 rings (SSSR count). The first-order valence-electron chi connectivity index (χ1n) is 6.05. The number of hydrogen-bond acceptors (Lipinski definition) is 4. The number of rotatable bonds is 3. The van der Waals surface area contributed by atoms with Crippen LogP contribution in [-0.2, 0) is 14.6 Å². The van der Waals surface area contributed by atoms with E-state index in [0.29, 0.717) is 0 Å². The van der Waals surface area contributed by atoms with E-state index in [2.05, 4.69) is 10.6 Å².